The summed E-state index contributed by atoms with van der Waals surface area (Å²) in [4.78, 5) is 22.0. The van der Waals surface area contributed by atoms with Gasteiger partial charge in [0.2, 0.25) is 5.91 Å². The van der Waals surface area contributed by atoms with Gasteiger partial charge >= 0.3 is 5.97 Å². The second kappa shape index (κ2) is 6.36. The normalized spacial score (nSPS) is 14.7. The molecule has 1 amide bonds. The van der Waals surface area contributed by atoms with Gasteiger partial charge in [-0.1, -0.05) is 13.8 Å². The molecule has 0 radical (unpaired) electrons. The maximum atomic E-state index is 11.4. The molecule has 5 N–H and O–H groups in total. The van der Waals surface area contributed by atoms with E-state index >= 15 is 0 Å². The smallest absolute Gasteiger partial charge is 0.326 e. The predicted octanol–water partition coefficient (Wildman–Crippen LogP) is -1.08. The molecule has 0 saturated carbocycles. The van der Waals surface area contributed by atoms with Gasteiger partial charge in [-0.25, -0.2) is 4.79 Å². The molecule has 0 unspecified atom stereocenters. The van der Waals surface area contributed by atoms with E-state index in [-0.39, 0.29) is 18.9 Å². The van der Waals surface area contributed by atoms with Crippen LogP contribution in [0.25, 0.3) is 0 Å². The predicted molar refractivity (Wildman–Crippen MR) is 54.1 cm³/mol. The molecule has 0 saturated heterocycles. The molecule has 0 aliphatic rings. The standard InChI is InChI=1S/C9H18N2O4/c1-5(2)7(10)8(13)11-6(3-4-12)9(14)15/h5-7,12H,3-4,10H2,1-2H3,(H,11,13)(H,14,15)/t6-,7+/m0/s1. The average Bonchev–Trinajstić information content (AvgIpc) is 2.15. The maximum Gasteiger partial charge on any atom is 0.326 e. The first kappa shape index (κ1) is 13.9. The Bertz CT molecular complexity index is 230. The van der Waals surface area contributed by atoms with Gasteiger partial charge in [-0.2, -0.15) is 0 Å². The maximum absolute atomic E-state index is 11.4. The average molecular weight is 218 g/mol. The van der Waals surface area contributed by atoms with Crippen LogP contribution in [-0.2, 0) is 9.59 Å². The number of aliphatic hydroxyl groups is 1. The fourth-order valence-corrected chi connectivity index (χ4v) is 0.957. The highest BCUT2D eigenvalue weighted by Crippen LogP contribution is 2.00. The lowest BCUT2D eigenvalue weighted by Gasteiger charge is -2.19. The Morgan fingerprint density at radius 2 is 1.93 bits per heavy atom. The van der Waals surface area contributed by atoms with Crippen molar-refractivity contribution in [3.8, 4) is 0 Å². The first-order valence-electron chi connectivity index (χ1n) is 4.79. The molecule has 6 heteroatoms. The van der Waals surface area contributed by atoms with Crippen molar-refractivity contribution in [2.75, 3.05) is 6.61 Å². The van der Waals surface area contributed by atoms with Crippen molar-refractivity contribution in [2.24, 2.45) is 11.7 Å². The van der Waals surface area contributed by atoms with E-state index in [2.05, 4.69) is 5.32 Å². The molecule has 0 aromatic rings. The zero-order valence-electron chi connectivity index (χ0n) is 8.93. The Labute approximate surface area is 88.5 Å². The van der Waals surface area contributed by atoms with E-state index in [0.29, 0.717) is 0 Å². The van der Waals surface area contributed by atoms with E-state index in [0.717, 1.165) is 0 Å². The van der Waals surface area contributed by atoms with Crippen molar-refractivity contribution < 1.29 is 19.8 Å². The monoisotopic (exact) mass is 218 g/mol. The summed E-state index contributed by atoms with van der Waals surface area (Å²) in [5.41, 5.74) is 5.54. The van der Waals surface area contributed by atoms with Crippen LogP contribution in [0.15, 0.2) is 0 Å². The summed E-state index contributed by atoms with van der Waals surface area (Å²) in [6.07, 6.45) is -0.0219. The first-order valence-corrected chi connectivity index (χ1v) is 4.79. The van der Waals surface area contributed by atoms with Crippen LogP contribution < -0.4 is 11.1 Å². The van der Waals surface area contributed by atoms with E-state index < -0.39 is 24.0 Å². The van der Waals surface area contributed by atoms with E-state index in [4.69, 9.17) is 15.9 Å². The summed E-state index contributed by atoms with van der Waals surface area (Å²) in [5.74, 6) is -1.74. The van der Waals surface area contributed by atoms with Crippen LogP contribution >= 0.6 is 0 Å². The van der Waals surface area contributed by atoms with E-state index in [1.54, 1.807) is 13.8 Å². The zero-order valence-corrected chi connectivity index (χ0v) is 8.93. The number of nitrogens with one attached hydrogen (secondary N) is 1. The van der Waals surface area contributed by atoms with Gasteiger partial charge in [-0.3, -0.25) is 4.79 Å². The van der Waals surface area contributed by atoms with Crippen molar-refractivity contribution >= 4 is 11.9 Å². The number of rotatable bonds is 6. The number of hydrogen-bond acceptors (Lipinski definition) is 4. The molecular weight excluding hydrogens is 200 g/mol. The minimum atomic E-state index is -1.17. The Kier molecular flexibility index (Phi) is 5.88. The molecule has 0 aliphatic heterocycles. The third-order valence-electron chi connectivity index (χ3n) is 2.05. The van der Waals surface area contributed by atoms with Crippen molar-refractivity contribution in [1.82, 2.24) is 5.32 Å². The Morgan fingerprint density at radius 3 is 2.27 bits per heavy atom. The number of hydrogen-bond donors (Lipinski definition) is 4. The summed E-state index contributed by atoms with van der Waals surface area (Å²) in [7, 11) is 0. The second-order valence-electron chi connectivity index (χ2n) is 3.68. The summed E-state index contributed by atoms with van der Waals surface area (Å²) in [6, 6.07) is -1.81. The molecule has 15 heavy (non-hydrogen) atoms. The van der Waals surface area contributed by atoms with Crippen LogP contribution in [0, 0.1) is 5.92 Å². The van der Waals surface area contributed by atoms with Crippen molar-refractivity contribution in [3.63, 3.8) is 0 Å². The van der Waals surface area contributed by atoms with Crippen molar-refractivity contribution in [1.29, 1.82) is 0 Å². The number of carboxylic acid groups (broad SMARTS) is 1. The number of aliphatic hydroxyl groups excluding tert-OH is 1. The molecule has 0 spiro atoms. The molecular formula is C9H18N2O4. The van der Waals surface area contributed by atoms with Gasteiger partial charge in [0.15, 0.2) is 0 Å². The van der Waals surface area contributed by atoms with Gasteiger partial charge in [-0.15, -0.1) is 0 Å². The van der Waals surface area contributed by atoms with E-state index in [9.17, 15) is 9.59 Å². The van der Waals surface area contributed by atoms with Crippen LogP contribution in [0.3, 0.4) is 0 Å². The minimum absolute atomic E-state index is 0.0219. The third-order valence-corrected chi connectivity index (χ3v) is 2.05. The second-order valence-corrected chi connectivity index (χ2v) is 3.68. The summed E-state index contributed by atoms with van der Waals surface area (Å²) in [5, 5.41) is 19.6. The molecule has 0 fully saturated rings. The lowest BCUT2D eigenvalue weighted by Crippen LogP contribution is -2.50. The fraction of sp³-hybridized carbons (Fsp3) is 0.778. The largest absolute Gasteiger partial charge is 0.480 e. The van der Waals surface area contributed by atoms with Gasteiger partial charge in [0.05, 0.1) is 6.04 Å². The zero-order chi connectivity index (χ0) is 12.0. The van der Waals surface area contributed by atoms with Crippen LogP contribution in [0.2, 0.25) is 0 Å². The van der Waals surface area contributed by atoms with Crippen LogP contribution in [0.1, 0.15) is 20.3 Å². The summed E-state index contributed by atoms with van der Waals surface area (Å²) in [6.45, 7) is 3.24. The molecule has 0 aliphatic carbocycles. The number of aliphatic carboxylic acids is 1. The topological polar surface area (TPSA) is 113 Å². The fourth-order valence-electron chi connectivity index (χ4n) is 0.957. The lowest BCUT2D eigenvalue weighted by molar-refractivity contribution is -0.142. The molecule has 88 valence electrons. The lowest BCUT2D eigenvalue weighted by atomic mass is 10.0. The summed E-state index contributed by atoms with van der Waals surface area (Å²) >= 11 is 0. The SMILES string of the molecule is CC(C)[C@@H](N)C(=O)N[C@@H](CCO)C(=O)O. The van der Waals surface area contributed by atoms with Gasteiger partial charge in [0.1, 0.15) is 6.04 Å². The van der Waals surface area contributed by atoms with Crippen LogP contribution in [0.4, 0.5) is 0 Å². The highest BCUT2D eigenvalue weighted by molar-refractivity contribution is 5.86. The number of carbonyl (C=O) groups excluding carboxylic acids is 1. The molecule has 2 atom stereocenters. The molecule has 6 nitrogen and oxygen atoms in total. The highest BCUT2D eigenvalue weighted by atomic mass is 16.4. The number of carbonyl (C=O) groups is 2. The van der Waals surface area contributed by atoms with Gasteiger partial charge < -0.3 is 21.3 Å². The van der Waals surface area contributed by atoms with Crippen molar-refractivity contribution in [3.05, 3.63) is 0 Å². The first-order chi connectivity index (χ1) is 6.90. The number of amides is 1. The van der Waals surface area contributed by atoms with Gasteiger partial charge in [0.25, 0.3) is 0 Å². The Morgan fingerprint density at radius 1 is 1.40 bits per heavy atom. The molecule has 0 rings (SSSR count). The molecule has 0 heterocycles. The number of carboxylic acids is 1. The summed E-state index contributed by atoms with van der Waals surface area (Å²) < 4.78 is 0. The molecule has 0 aromatic heterocycles. The molecule has 0 bridgehead atoms. The number of nitrogens with two attached hydrogens (primary N) is 1. The van der Waals surface area contributed by atoms with E-state index in [1.807, 2.05) is 0 Å². The third kappa shape index (κ3) is 4.75. The van der Waals surface area contributed by atoms with E-state index in [1.165, 1.54) is 0 Å². The van der Waals surface area contributed by atoms with Gasteiger partial charge in [-0.05, 0) is 5.92 Å². The highest BCUT2D eigenvalue weighted by Gasteiger charge is 2.24. The molecule has 0 aromatic carbocycles. The van der Waals surface area contributed by atoms with Crippen LogP contribution in [0.5, 0.6) is 0 Å². The Balaban J connectivity index is 4.28. The minimum Gasteiger partial charge on any atom is -0.480 e. The van der Waals surface area contributed by atoms with Crippen LogP contribution in [-0.4, -0.2) is 40.8 Å². The van der Waals surface area contributed by atoms with Gasteiger partial charge in [0, 0.05) is 13.0 Å². The quantitative estimate of drug-likeness (QED) is 0.453. The Hall–Kier alpha value is -1.14. The van der Waals surface area contributed by atoms with Crippen molar-refractivity contribution in [2.45, 2.75) is 32.4 Å².